The molecule has 1 N–H and O–H groups in total. The van der Waals surface area contributed by atoms with Gasteiger partial charge in [0, 0.05) is 39.6 Å². The van der Waals surface area contributed by atoms with Gasteiger partial charge in [-0.2, -0.15) is 0 Å². The van der Waals surface area contributed by atoms with Crippen molar-refractivity contribution in [3.8, 4) is 0 Å². The third-order valence-electron chi connectivity index (χ3n) is 5.93. The fourth-order valence-electron chi connectivity index (χ4n) is 3.73. The van der Waals surface area contributed by atoms with E-state index < -0.39 is 6.04 Å². The Balaban J connectivity index is 2.01. The first kappa shape index (κ1) is 27.1. The third kappa shape index (κ3) is 7.73. The van der Waals surface area contributed by atoms with E-state index in [2.05, 4.69) is 5.32 Å². The number of benzene rings is 3. The van der Waals surface area contributed by atoms with Gasteiger partial charge in [-0.25, -0.2) is 0 Å². The van der Waals surface area contributed by atoms with Gasteiger partial charge in [0.05, 0.1) is 6.42 Å². The Morgan fingerprint density at radius 3 is 2.09 bits per heavy atom. The summed E-state index contributed by atoms with van der Waals surface area (Å²) in [7, 11) is 0. The largest absolute Gasteiger partial charge is 0.352 e. The van der Waals surface area contributed by atoms with Crippen molar-refractivity contribution < 1.29 is 9.59 Å². The van der Waals surface area contributed by atoms with Gasteiger partial charge in [-0.15, -0.1) is 0 Å². The zero-order chi connectivity index (χ0) is 25.4. The van der Waals surface area contributed by atoms with Gasteiger partial charge in [-0.1, -0.05) is 90.3 Å². The summed E-state index contributed by atoms with van der Waals surface area (Å²) in [6.45, 7) is 4.06. The highest BCUT2D eigenvalue weighted by atomic mass is 35.5. The second-order valence-electron chi connectivity index (χ2n) is 8.55. The van der Waals surface area contributed by atoms with Crippen LogP contribution in [-0.2, 0) is 29.0 Å². The highest BCUT2D eigenvalue weighted by molar-refractivity contribution is 6.36. The predicted molar refractivity (Wildman–Crippen MR) is 144 cm³/mol. The van der Waals surface area contributed by atoms with Crippen LogP contribution in [0.15, 0.2) is 72.8 Å². The lowest BCUT2D eigenvalue weighted by molar-refractivity contribution is -0.141. The lowest BCUT2D eigenvalue weighted by Gasteiger charge is -2.33. The van der Waals surface area contributed by atoms with Crippen molar-refractivity contribution in [2.24, 2.45) is 0 Å². The minimum Gasteiger partial charge on any atom is -0.352 e. The van der Waals surface area contributed by atoms with Crippen LogP contribution in [0.3, 0.4) is 0 Å². The van der Waals surface area contributed by atoms with Crippen molar-refractivity contribution in [1.82, 2.24) is 10.2 Å². The number of hydrogen-bond donors (Lipinski definition) is 1. The number of rotatable bonds is 10. The Morgan fingerprint density at radius 2 is 1.49 bits per heavy atom. The molecule has 0 spiro atoms. The molecule has 7 heteroatoms. The summed E-state index contributed by atoms with van der Waals surface area (Å²) in [5.41, 5.74) is 2.36. The van der Waals surface area contributed by atoms with Crippen LogP contribution in [0.2, 0.25) is 15.1 Å². The van der Waals surface area contributed by atoms with Crippen molar-refractivity contribution in [2.45, 2.75) is 51.7 Å². The molecular weight excluding hydrogens is 503 g/mol. The molecular formula is C28H29Cl3N2O2. The maximum absolute atomic E-state index is 13.7. The third-order valence-corrected chi connectivity index (χ3v) is 6.89. The molecule has 3 rings (SSSR count). The summed E-state index contributed by atoms with van der Waals surface area (Å²) in [6, 6.07) is 21.2. The van der Waals surface area contributed by atoms with Crippen molar-refractivity contribution in [3.63, 3.8) is 0 Å². The monoisotopic (exact) mass is 530 g/mol. The molecule has 0 bridgehead atoms. The average molecular weight is 532 g/mol. The second kappa shape index (κ2) is 13.0. The number of hydrogen-bond acceptors (Lipinski definition) is 2. The van der Waals surface area contributed by atoms with Gasteiger partial charge in [0.15, 0.2) is 0 Å². The maximum atomic E-state index is 13.7. The van der Waals surface area contributed by atoms with E-state index >= 15 is 0 Å². The van der Waals surface area contributed by atoms with Crippen molar-refractivity contribution in [1.29, 1.82) is 0 Å². The van der Waals surface area contributed by atoms with E-state index in [4.69, 9.17) is 34.8 Å². The van der Waals surface area contributed by atoms with Crippen LogP contribution in [0, 0.1) is 0 Å². The fraction of sp³-hybridized carbons (Fsp3) is 0.286. The topological polar surface area (TPSA) is 49.4 Å². The number of nitrogens with zero attached hydrogens (tertiary/aromatic N) is 1. The Hall–Kier alpha value is -2.53. The van der Waals surface area contributed by atoms with Gasteiger partial charge in [0.1, 0.15) is 6.04 Å². The molecule has 2 atom stereocenters. The van der Waals surface area contributed by atoms with Gasteiger partial charge < -0.3 is 10.2 Å². The SMILES string of the molecule is CC[C@H](C)NC(=O)[C@H](Cc1ccccc1)N(Cc1c(Cl)cccc1Cl)C(=O)Cc1ccc(Cl)cc1. The lowest BCUT2D eigenvalue weighted by atomic mass is 10.0. The van der Waals surface area contributed by atoms with Gasteiger partial charge in [-0.3, -0.25) is 9.59 Å². The van der Waals surface area contributed by atoms with Gasteiger partial charge >= 0.3 is 0 Å². The average Bonchev–Trinajstić information content (AvgIpc) is 2.84. The zero-order valence-corrected chi connectivity index (χ0v) is 22.1. The van der Waals surface area contributed by atoms with Crippen LogP contribution >= 0.6 is 34.8 Å². The molecule has 4 nitrogen and oxygen atoms in total. The Labute approximate surface area is 222 Å². The van der Waals surface area contributed by atoms with E-state index in [1.807, 2.05) is 56.3 Å². The van der Waals surface area contributed by atoms with Gasteiger partial charge in [0.2, 0.25) is 11.8 Å². The van der Waals surface area contributed by atoms with Crippen LogP contribution in [0.5, 0.6) is 0 Å². The highest BCUT2D eigenvalue weighted by Crippen LogP contribution is 2.27. The first-order chi connectivity index (χ1) is 16.8. The molecule has 0 aliphatic heterocycles. The van der Waals surface area contributed by atoms with Crippen LogP contribution < -0.4 is 5.32 Å². The van der Waals surface area contributed by atoms with E-state index in [-0.39, 0.29) is 30.8 Å². The Kier molecular flexibility index (Phi) is 10.0. The Bertz CT molecular complexity index is 1120. The predicted octanol–water partition coefficient (Wildman–Crippen LogP) is 6.74. The van der Waals surface area contributed by atoms with Gasteiger partial charge in [0.25, 0.3) is 0 Å². The van der Waals surface area contributed by atoms with Crippen molar-refractivity contribution in [3.05, 3.63) is 105 Å². The van der Waals surface area contributed by atoms with E-state index in [1.165, 1.54) is 0 Å². The van der Waals surface area contributed by atoms with Crippen LogP contribution in [-0.4, -0.2) is 28.8 Å². The van der Waals surface area contributed by atoms with Gasteiger partial charge in [-0.05, 0) is 48.7 Å². The number of carbonyl (C=O) groups is 2. The summed E-state index contributed by atoms with van der Waals surface area (Å²) >= 11 is 19.0. The molecule has 0 aromatic heterocycles. The molecule has 0 heterocycles. The molecule has 0 radical (unpaired) electrons. The van der Waals surface area contributed by atoms with Crippen LogP contribution in [0.1, 0.15) is 37.0 Å². The molecule has 2 amide bonds. The summed E-state index contributed by atoms with van der Waals surface area (Å²) in [5, 5.41) is 4.54. The van der Waals surface area contributed by atoms with E-state index in [1.54, 1.807) is 35.2 Å². The Morgan fingerprint density at radius 1 is 0.857 bits per heavy atom. The zero-order valence-electron chi connectivity index (χ0n) is 19.8. The van der Waals surface area contributed by atoms with Crippen LogP contribution in [0.25, 0.3) is 0 Å². The maximum Gasteiger partial charge on any atom is 0.243 e. The normalized spacial score (nSPS) is 12.6. The molecule has 3 aromatic carbocycles. The molecule has 35 heavy (non-hydrogen) atoms. The smallest absolute Gasteiger partial charge is 0.243 e. The number of halogens is 3. The summed E-state index contributed by atoms with van der Waals surface area (Å²) < 4.78 is 0. The molecule has 184 valence electrons. The molecule has 0 fully saturated rings. The summed E-state index contributed by atoms with van der Waals surface area (Å²) in [4.78, 5) is 28.9. The minimum atomic E-state index is -0.751. The quantitative estimate of drug-likeness (QED) is 0.315. The molecule has 0 unspecified atom stereocenters. The summed E-state index contributed by atoms with van der Waals surface area (Å²) in [6.07, 6.45) is 1.25. The van der Waals surface area contributed by atoms with E-state index in [9.17, 15) is 9.59 Å². The fourth-order valence-corrected chi connectivity index (χ4v) is 4.37. The van der Waals surface area contributed by atoms with Crippen molar-refractivity contribution >= 4 is 46.6 Å². The molecule has 0 aliphatic carbocycles. The van der Waals surface area contributed by atoms with E-state index in [0.717, 1.165) is 17.5 Å². The second-order valence-corrected chi connectivity index (χ2v) is 9.80. The molecule has 3 aromatic rings. The first-order valence-electron chi connectivity index (χ1n) is 11.6. The molecule has 0 aliphatic rings. The molecule has 0 saturated carbocycles. The number of amides is 2. The number of carbonyl (C=O) groups excluding carboxylic acids is 2. The lowest BCUT2D eigenvalue weighted by Crippen LogP contribution is -2.52. The standard InChI is InChI=1S/C28H29Cl3N2O2/c1-3-19(2)32-28(35)26(16-20-8-5-4-6-9-20)33(18-23-24(30)10-7-11-25(23)31)27(34)17-21-12-14-22(29)15-13-21/h4-15,19,26H,3,16-18H2,1-2H3,(H,32,35)/t19-,26-/m0/s1. The van der Waals surface area contributed by atoms with E-state index in [0.29, 0.717) is 27.1 Å². The highest BCUT2D eigenvalue weighted by Gasteiger charge is 2.31. The first-order valence-corrected chi connectivity index (χ1v) is 12.7. The van der Waals surface area contributed by atoms with Crippen molar-refractivity contribution in [2.75, 3.05) is 0 Å². The number of nitrogens with one attached hydrogen (secondary N) is 1. The van der Waals surface area contributed by atoms with Crippen LogP contribution in [0.4, 0.5) is 0 Å². The minimum absolute atomic E-state index is 0.0297. The molecule has 0 saturated heterocycles. The summed E-state index contributed by atoms with van der Waals surface area (Å²) in [5.74, 6) is -0.417.